The van der Waals surface area contributed by atoms with Gasteiger partial charge in [0.25, 0.3) is 0 Å². The second-order valence-corrected chi connectivity index (χ2v) is 7.97. The first-order valence-electron chi connectivity index (χ1n) is 9.07. The number of carboxylic acid groups (broad SMARTS) is 1. The second kappa shape index (κ2) is 7.89. The van der Waals surface area contributed by atoms with E-state index >= 15 is 0 Å². The van der Waals surface area contributed by atoms with Crippen LogP contribution in [0.1, 0.15) is 23.5 Å². The first-order chi connectivity index (χ1) is 13.2. The summed E-state index contributed by atoms with van der Waals surface area (Å²) in [4.78, 5) is 13.5. The van der Waals surface area contributed by atoms with Gasteiger partial charge in [-0.25, -0.2) is 0 Å². The molecule has 4 rings (SSSR count). The molecule has 0 amide bonds. The van der Waals surface area contributed by atoms with Crippen LogP contribution in [0.25, 0.3) is 0 Å². The summed E-state index contributed by atoms with van der Waals surface area (Å²) >= 11 is 1.76. The summed E-state index contributed by atoms with van der Waals surface area (Å²) < 4.78 is 0. The topological polar surface area (TPSA) is 49.3 Å². The Kier molecular flexibility index (Phi) is 5.16. The highest BCUT2D eigenvalue weighted by molar-refractivity contribution is 7.99. The maximum absolute atomic E-state index is 11.0. The summed E-state index contributed by atoms with van der Waals surface area (Å²) in [7, 11) is 0. The second-order valence-electron chi connectivity index (χ2n) is 6.83. The quantitative estimate of drug-likeness (QED) is 0.561. The first-order valence-corrected chi connectivity index (χ1v) is 9.89. The van der Waals surface area contributed by atoms with Gasteiger partial charge in [-0.1, -0.05) is 54.2 Å². The molecule has 0 radical (unpaired) electrons. The standard InChI is InChI=1S/C23H21NO2S/c25-23(26)22-14-21(22)17-9-11-18(12-10-17)24-15-16-5-4-8-20(13-16)27-19-6-2-1-3-7-19/h1-13,21-22,24H,14-15H2,(H,25,26)/t21-,22+/m0/s1. The van der Waals surface area contributed by atoms with Crippen molar-refractivity contribution in [3.05, 3.63) is 90.0 Å². The largest absolute Gasteiger partial charge is 0.481 e. The van der Waals surface area contributed by atoms with E-state index < -0.39 is 5.97 Å². The van der Waals surface area contributed by atoms with Gasteiger partial charge in [0.2, 0.25) is 0 Å². The van der Waals surface area contributed by atoms with Gasteiger partial charge in [-0.2, -0.15) is 0 Å². The van der Waals surface area contributed by atoms with E-state index in [1.54, 1.807) is 11.8 Å². The van der Waals surface area contributed by atoms with Crippen LogP contribution in [0, 0.1) is 5.92 Å². The Balaban J connectivity index is 1.35. The van der Waals surface area contributed by atoms with Crippen molar-refractivity contribution in [3.63, 3.8) is 0 Å². The number of hydrogen-bond donors (Lipinski definition) is 2. The highest BCUT2D eigenvalue weighted by Gasteiger charge is 2.43. The normalized spacial score (nSPS) is 18.1. The molecule has 0 bridgehead atoms. The van der Waals surface area contributed by atoms with E-state index in [0.29, 0.717) is 0 Å². The van der Waals surface area contributed by atoms with Crippen molar-refractivity contribution in [2.24, 2.45) is 5.92 Å². The van der Waals surface area contributed by atoms with Crippen molar-refractivity contribution in [2.45, 2.75) is 28.7 Å². The van der Waals surface area contributed by atoms with Gasteiger partial charge >= 0.3 is 5.97 Å². The molecule has 4 heteroatoms. The van der Waals surface area contributed by atoms with Crippen molar-refractivity contribution < 1.29 is 9.90 Å². The van der Waals surface area contributed by atoms with E-state index in [1.165, 1.54) is 15.4 Å². The fourth-order valence-electron chi connectivity index (χ4n) is 3.23. The summed E-state index contributed by atoms with van der Waals surface area (Å²) in [6.45, 7) is 0.754. The van der Waals surface area contributed by atoms with Crippen LogP contribution in [-0.2, 0) is 11.3 Å². The molecule has 3 aromatic carbocycles. The van der Waals surface area contributed by atoms with E-state index in [-0.39, 0.29) is 11.8 Å². The summed E-state index contributed by atoms with van der Waals surface area (Å²) in [5, 5.41) is 12.5. The third-order valence-corrected chi connectivity index (χ3v) is 5.82. The molecule has 1 fully saturated rings. The number of nitrogens with one attached hydrogen (secondary N) is 1. The third-order valence-electron chi connectivity index (χ3n) is 4.82. The number of carboxylic acids is 1. The molecule has 0 unspecified atom stereocenters. The van der Waals surface area contributed by atoms with Gasteiger partial charge in [-0.05, 0) is 59.9 Å². The predicted molar refractivity (Wildman–Crippen MR) is 109 cm³/mol. The van der Waals surface area contributed by atoms with Crippen LogP contribution in [0.2, 0.25) is 0 Å². The molecule has 0 spiro atoms. The zero-order valence-corrected chi connectivity index (χ0v) is 15.7. The molecule has 3 aromatic rings. The molecule has 136 valence electrons. The fraction of sp³-hybridized carbons (Fsp3) is 0.174. The predicted octanol–water partition coefficient (Wildman–Crippen LogP) is 5.64. The average molecular weight is 375 g/mol. The first kappa shape index (κ1) is 17.7. The Hall–Kier alpha value is -2.72. The number of aliphatic carboxylic acids is 1. The SMILES string of the molecule is O=C(O)[C@@H]1C[C@H]1c1ccc(NCc2cccc(Sc3ccccc3)c2)cc1. The van der Waals surface area contributed by atoms with Gasteiger partial charge in [0.05, 0.1) is 5.92 Å². The average Bonchev–Trinajstić information content (AvgIpc) is 3.49. The Morgan fingerprint density at radius 3 is 2.41 bits per heavy atom. The Morgan fingerprint density at radius 2 is 1.70 bits per heavy atom. The Labute approximate surface area is 163 Å². The highest BCUT2D eigenvalue weighted by Crippen LogP contribution is 2.47. The summed E-state index contributed by atoms with van der Waals surface area (Å²) in [5.74, 6) is -0.702. The number of hydrogen-bond acceptors (Lipinski definition) is 3. The number of anilines is 1. The molecule has 1 aliphatic rings. The Bertz CT molecular complexity index is 925. The van der Waals surface area contributed by atoms with Gasteiger partial charge in [-0.3, -0.25) is 4.79 Å². The molecule has 0 aromatic heterocycles. The fourth-order valence-corrected chi connectivity index (χ4v) is 4.15. The minimum absolute atomic E-state index is 0.184. The van der Waals surface area contributed by atoms with Gasteiger partial charge in [0.1, 0.15) is 0 Å². The lowest BCUT2D eigenvalue weighted by Gasteiger charge is -2.09. The zero-order chi connectivity index (χ0) is 18.6. The zero-order valence-electron chi connectivity index (χ0n) is 14.8. The molecule has 2 atom stereocenters. The van der Waals surface area contributed by atoms with Crippen LogP contribution in [0.4, 0.5) is 5.69 Å². The summed E-state index contributed by atoms with van der Waals surface area (Å²) in [6, 6.07) is 27.1. The van der Waals surface area contributed by atoms with Crippen LogP contribution in [0.15, 0.2) is 88.7 Å². The van der Waals surface area contributed by atoms with Crippen molar-refractivity contribution in [3.8, 4) is 0 Å². The molecule has 2 N–H and O–H groups in total. The molecule has 27 heavy (non-hydrogen) atoms. The molecule has 3 nitrogen and oxygen atoms in total. The van der Waals surface area contributed by atoms with Crippen molar-refractivity contribution in [1.82, 2.24) is 0 Å². The van der Waals surface area contributed by atoms with Crippen molar-refractivity contribution >= 4 is 23.4 Å². The lowest BCUT2D eigenvalue weighted by molar-refractivity contribution is -0.138. The van der Waals surface area contributed by atoms with E-state index in [1.807, 2.05) is 30.3 Å². The van der Waals surface area contributed by atoms with Gasteiger partial charge in [0.15, 0.2) is 0 Å². The number of rotatable bonds is 7. The minimum Gasteiger partial charge on any atom is -0.481 e. The summed E-state index contributed by atoms with van der Waals surface area (Å²) in [6.07, 6.45) is 0.758. The van der Waals surface area contributed by atoms with Gasteiger partial charge < -0.3 is 10.4 Å². The number of carbonyl (C=O) groups is 1. The summed E-state index contributed by atoms with van der Waals surface area (Å²) in [5.41, 5.74) is 3.40. The molecule has 0 heterocycles. The van der Waals surface area contributed by atoms with Crippen LogP contribution in [0.3, 0.4) is 0 Å². The van der Waals surface area contributed by atoms with Crippen molar-refractivity contribution in [1.29, 1.82) is 0 Å². The maximum Gasteiger partial charge on any atom is 0.307 e. The molecule has 1 aliphatic carbocycles. The minimum atomic E-state index is -0.685. The smallest absolute Gasteiger partial charge is 0.307 e. The van der Waals surface area contributed by atoms with E-state index in [2.05, 4.69) is 53.8 Å². The van der Waals surface area contributed by atoms with Crippen LogP contribution < -0.4 is 5.32 Å². The van der Waals surface area contributed by atoms with E-state index in [0.717, 1.165) is 24.2 Å². The maximum atomic E-state index is 11.0. The molecular formula is C23H21NO2S. The molecule has 0 saturated heterocycles. The van der Waals surface area contributed by atoms with Crippen molar-refractivity contribution in [2.75, 3.05) is 5.32 Å². The van der Waals surface area contributed by atoms with Gasteiger partial charge in [0, 0.05) is 22.0 Å². The van der Waals surface area contributed by atoms with Gasteiger partial charge in [-0.15, -0.1) is 0 Å². The van der Waals surface area contributed by atoms with Crippen LogP contribution >= 0.6 is 11.8 Å². The lowest BCUT2D eigenvalue weighted by atomic mass is 10.1. The monoisotopic (exact) mass is 375 g/mol. The molecule has 0 aliphatic heterocycles. The molecule has 1 saturated carbocycles. The van der Waals surface area contributed by atoms with Crippen LogP contribution in [0.5, 0.6) is 0 Å². The van der Waals surface area contributed by atoms with E-state index in [4.69, 9.17) is 5.11 Å². The third kappa shape index (κ3) is 4.52. The number of benzene rings is 3. The van der Waals surface area contributed by atoms with E-state index in [9.17, 15) is 4.79 Å². The van der Waals surface area contributed by atoms with Crippen LogP contribution in [-0.4, -0.2) is 11.1 Å². The lowest BCUT2D eigenvalue weighted by Crippen LogP contribution is -2.00. The molecular weight excluding hydrogens is 354 g/mol. The highest BCUT2D eigenvalue weighted by atomic mass is 32.2. The Morgan fingerprint density at radius 1 is 0.963 bits per heavy atom.